The fraction of sp³-hybridized carbons (Fsp3) is 0.700. The SMILES string of the molecule is CCCCCCN(CCCCCC)Cc1ccc(OC)cc1. The maximum absolute atomic E-state index is 5.24. The van der Waals surface area contributed by atoms with E-state index in [1.54, 1.807) is 7.11 Å². The maximum atomic E-state index is 5.24. The standard InChI is InChI=1S/C20H35NO/c1-4-6-8-10-16-21(17-11-9-7-5-2)18-19-12-14-20(22-3)15-13-19/h12-15H,4-11,16-18H2,1-3H3. The first-order valence-corrected chi connectivity index (χ1v) is 9.15. The lowest BCUT2D eigenvalue weighted by Crippen LogP contribution is -2.25. The Hall–Kier alpha value is -1.02. The highest BCUT2D eigenvalue weighted by atomic mass is 16.5. The number of rotatable bonds is 13. The molecule has 0 radical (unpaired) electrons. The fourth-order valence-electron chi connectivity index (χ4n) is 2.78. The van der Waals surface area contributed by atoms with Crippen LogP contribution in [-0.2, 0) is 6.54 Å². The van der Waals surface area contributed by atoms with Gasteiger partial charge < -0.3 is 4.74 Å². The summed E-state index contributed by atoms with van der Waals surface area (Å²) >= 11 is 0. The molecule has 0 bridgehead atoms. The average Bonchev–Trinajstić information content (AvgIpc) is 2.56. The molecule has 1 rings (SSSR count). The highest BCUT2D eigenvalue weighted by Crippen LogP contribution is 2.14. The third-order valence-corrected chi connectivity index (χ3v) is 4.22. The summed E-state index contributed by atoms with van der Waals surface area (Å²) in [6.07, 6.45) is 10.8. The lowest BCUT2D eigenvalue weighted by Gasteiger charge is -2.22. The summed E-state index contributed by atoms with van der Waals surface area (Å²) in [4.78, 5) is 2.63. The van der Waals surface area contributed by atoms with Crippen molar-refractivity contribution in [1.29, 1.82) is 0 Å². The Morgan fingerprint density at radius 3 is 1.77 bits per heavy atom. The van der Waals surface area contributed by atoms with E-state index < -0.39 is 0 Å². The average molecular weight is 306 g/mol. The molecule has 0 fully saturated rings. The smallest absolute Gasteiger partial charge is 0.118 e. The van der Waals surface area contributed by atoms with E-state index in [1.807, 2.05) is 0 Å². The highest BCUT2D eigenvalue weighted by Gasteiger charge is 2.06. The number of benzene rings is 1. The minimum Gasteiger partial charge on any atom is -0.497 e. The highest BCUT2D eigenvalue weighted by molar-refractivity contribution is 5.27. The number of unbranched alkanes of at least 4 members (excludes halogenated alkanes) is 6. The van der Waals surface area contributed by atoms with E-state index in [4.69, 9.17) is 4.74 Å². The van der Waals surface area contributed by atoms with Gasteiger partial charge in [-0.05, 0) is 43.6 Å². The van der Waals surface area contributed by atoms with E-state index in [-0.39, 0.29) is 0 Å². The van der Waals surface area contributed by atoms with E-state index in [0.717, 1.165) is 12.3 Å². The van der Waals surface area contributed by atoms with Crippen LogP contribution >= 0.6 is 0 Å². The zero-order valence-corrected chi connectivity index (χ0v) is 14.9. The Balaban J connectivity index is 2.43. The van der Waals surface area contributed by atoms with Crippen molar-refractivity contribution in [2.75, 3.05) is 20.2 Å². The number of ether oxygens (including phenoxy) is 1. The van der Waals surface area contributed by atoms with E-state index in [2.05, 4.69) is 43.0 Å². The predicted octanol–water partition coefficient (Wildman–Crippen LogP) is 5.66. The second-order valence-corrected chi connectivity index (χ2v) is 6.25. The van der Waals surface area contributed by atoms with Gasteiger partial charge in [0.15, 0.2) is 0 Å². The Morgan fingerprint density at radius 1 is 0.773 bits per heavy atom. The van der Waals surface area contributed by atoms with E-state index >= 15 is 0 Å². The van der Waals surface area contributed by atoms with Gasteiger partial charge in [0.2, 0.25) is 0 Å². The van der Waals surface area contributed by atoms with Crippen LogP contribution in [0.2, 0.25) is 0 Å². The van der Waals surface area contributed by atoms with E-state index in [0.29, 0.717) is 0 Å². The van der Waals surface area contributed by atoms with Gasteiger partial charge in [0.25, 0.3) is 0 Å². The minimum atomic E-state index is 0.946. The molecule has 0 aromatic heterocycles. The van der Waals surface area contributed by atoms with Crippen LogP contribution in [-0.4, -0.2) is 25.1 Å². The van der Waals surface area contributed by atoms with Crippen molar-refractivity contribution in [1.82, 2.24) is 4.90 Å². The van der Waals surface area contributed by atoms with Crippen molar-refractivity contribution >= 4 is 0 Å². The number of hydrogen-bond donors (Lipinski definition) is 0. The van der Waals surface area contributed by atoms with Crippen molar-refractivity contribution in [3.63, 3.8) is 0 Å². The van der Waals surface area contributed by atoms with Crippen LogP contribution in [0.1, 0.15) is 70.8 Å². The third kappa shape index (κ3) is 8.43. The number of methoxy groups -OCH3 is 1. The first kappa shape index (κ1) is 19.0. The molecule has 1 aromatic rings. The predicted molar refractivity (Wildman–Crippen MR) is 96.6 cm³/mol. The molecule has 0 N–H and O–H groups in total. The Bertz CT molecular complexity index is 348. The summed E-state index contributed by atoms with van der Waals surface area (Å²) in [5.41, 5.74) is 1.40. The molecule has 0 spiro atoms. The number of hydrogen-bond acceptors (Lipinski definition) is 2. The molecule has 0 saturated heterocycles. The van der Waals surface area contributed by atoms with Crippen molar-refractivity contribution in [2.24, 2.45) is 0 Å². The molecule has 0 unspecified atom stereocenters. The van der Waals surface area contributed by atoms with Crippen molar-refractivity contribution in [3.05, 3.63) is 29.8 Å². The normalized spacial score (nSPS) is 11.1. The Kier molecular flexibility index (Phi) is 10.8. The van der Waals surface area contributed by atoms with Crippen LogP contribution in [0.25, 0.3) is 0 Å². The molecular formula is C20H35NO. The molecule has 22 heavy (non-hydrogen) atoms. The molecule has 0 aliphatic rings. The van der Waals surface area contributed by atoms with Gasteiger partial charge in [-0.1, -0.05) is 64.5 Å². The molecule has 1 aromatic carbocycles. The zero-order chi connectivity index (χ0) is 16.0. The van der Waals surface area contributed by atoms with Crippen LogP contribution in [0.15, 0.2) is 24.3 Å². The summed E-state index contributed by atoms with van der Waals surface area (Å²) < 4.78 is 5.24. The van der Waals surface area contributed by atoms with Crippen molar-refractivity contribution in [3.8, 4) is 5.75 Å². The first-order chi connectivity index (χ1) is 10.8. The molecule has 0 saturated carbocycles. The number of nitrogens with zero attached hydrogens (tertiary/aromatic N) is 1. The van der Waals surface area contributed by atoms with Gasteiger partial charge in [-0.15, -0.1) is 0 Å². The van der Waals surface area contributed by atoms with Gasteiger partial charge in [-0.3, -0.25) is 4.90 Å². The van der Waals surface area contributed by atoms with E-state index in [9.17, 15) is 0 Å². The van der Waals surface area contributed by atoms with Crippen LogP contribution < -0.4 is 4.74 Å². The Labute approximate surface area is 137 Å². The van der Waals surface area contributed by atoms with Crippen LogP contribution in [0.5, 0.6) is 5.75 Å². The molecule has 0 aliphatic carbocycles. The van der Waals surface area contributed by atoms with Crippen LogP contribution in [0.4, 0.5) is 0 Å². The summed E-state index contributed by atoms with van der Waals surface area (Å²) in [6.45, 7) is 8.10. The Morgan fingerprint density at radius 2 is 1.32 bits per heavy atom. The van der Waals surface area contributed by atoms with Crippen molar-refractivity contribution < 1.29 is 4.74 Å². The van der Waals surface area contributed by atoms with Gasteiger partial charge >= 0.3 is 0 Å². The molecule has 0 heterocycles. The van der Waals surface area contributed by atoms with Crippen LogP contribution in [0, 0.1) is 0 Å². The monoisotopic (exact) mass is 305 g/mol. The fourth-order valence-corrected chi connectivity index (χ4v) is 2.78. The van der Waals surface area contributed by atoms with Gasteiger partial charge in [-0.25, -0.2) is 0 Å². The summed E-state index contributed by atoms with van der Waals surface area (Å²) in [5, 5.41) is 0. The quantitative estimate of drug-likeness (QED) is 0.436. The van der Waals surface area contributed by atoms with Gasteiger partial charge in [-0.2, -0.15) is 0 Å². The summed E-state index contributed by atoms with van der Waals surface area (Å²) in [5.74, 6) is 0.946. The maximum Gasteiger partial charge on any atom is 0.118 e. The second kappa shape index (κ2) is 12.5. The first-order valence-electron chi connectivity index (χ1n) is 9.15. The lowest BCUT2D eigenvalue weighted by atomic mass is 10.1. The molecular weight excluding hydrogens is 270 g/mol. The molecule has 0 amide bonds. The second-order valence-electron chi connectivity index (χ2n) is 6.25. The van der Waals surface area contributed by atoms with Crippen molar-refractivity contribution in [2.45, 2.75) is 71.8 Å². The molecule has 2 nitrogen and oxygen atoms in total. The summed E-state index contributed by atoms with van der Waals surface area (Å²) in [6, 6.07) is 8.54. The molecule has 0 aliphatic heterocycles. The lowest BCUT2D eigenvalue weighted by molar-refractivity contribution is 0.252. The topological polar surface area (TPSA) is 12.5 Å². The van der Waals surface area contributed by atoms with Gasteiger partial charge in [0.1, 0.15) is 5.75 Å². The largest absolute Gasteiger partial charge is 0.497 e. The molecule has 0 atom stereocenters. The minimum absolute atomic E-state index is 0.946. The zero-order valence-electron chi connectivity index (χ0n) is 14.9. The summed E-state index contributed by atoms with van der Waals surface area (Å²) in [7, 11) is 1.72. The van der Waals surface area contributed by atoms with E-state index in [1.165, 1.54) is 70.0 Å². The van der Waals surface area contributed by atoms with Crippen LogP contribution in [0.3, 0.4) is 0 Å². The van der Waals surface area contributed by atoms with Gasteiger partial charge in [0, 0.05) is 6.54 Å². The molecule has 126 valence electrons. The third-order valence-electron chi connectivity index (χ3n) is 4.22. The molecule has 2 heteroatoms. The van der Waals surface area contributed by atoms with Gasteiger partial charge in [0.05, 0.1) is 7.11 Å².